The zero-order chi connectivity index (χ0) is 24.8. The highest BCUT2D eigenvalue weighted by molar-refractivity contribution is 5.94. The van der Waals surface area contributed by atoms with Crippen LogP contribution in [0.4, 0.5) is 0 Å². The van der Waals surface area contributed by atoms with Crippen LogP contribution in [0.3, 0.4) is 0 Å². The molecule has 3 amide bonds. The fourth-order valence-electron chi connectivity index (χ4n) is 2.48. The van der Waals surface area contributed by atoms with Crippen molar-refractivity contribution in [3.05, 3.63) is 0 Å². The topological polar surface area (TPSA) is 255 Å². The number of aliphatic hydroxyl groups is 2. The van der Waals surface area contributed by atoms with Crippen LogP contribution in [-0.4, -0.2) is 88.9 Å². The molecular formula is C18H35N7O7. The van der Waals surface area contributed by atoms with Crippen molar-refractivity contribution in [3.8, 4) is 0 Å². The van der Waals surface area contributed by atoms with E-state index in [0.717, 1.165) is 0 Å². The number of guanidine groups is 1. The summed E-state index contributed by atoms with van der Waals surface area (Å²) in [4.78, 5) is 52.1. The van der Waals surface area contributed by atoms with Crippen LogP contribution in [0, 0.1) is 5.92 Å². The quantitative estimate of drug-likeness (QED) is 0.0647. The number of aliphatic carboxylic acids is 1. The minimum absolute atomic E-state index is 0.00456. The maximum absolute atomic E-state index is 12.6. The van der Waals surface area contributed by atoms with Crippen LogP contribution in [0.2, 0.25) is 0 Å². The molecule has 0 radical (unpaired) electrons. The van der Waals surface area contributed by atoms with E-state index in [2.05, 4.69) is 20.9 Å². The second kappa shape index (κ2) is 14.9. The van der Waals surface area contributed by atoms with Gasteiger partial charge in [-0.2, -0.15) is 0 Å². The summed E-state index contributed by atoms with van der Waals surface area (Å²) >= 11 is 0. The van der Waals surface area contributed by atoms with Gasteiger partial charge in [-0.15, -0.1) is 0 Å². The summed E-state index contributed by atoms with van der Waals surface area (Å²) in [5, 5.41) is 34.4. The summed E-state index contributed by atoms with van der Waals surface area (Å²) in [6.45, 7) is 2.11. The molecule has 5 atom stereocenters. The highest BCUT2D eigenvalue weighted by atomic mass is 16.4. The number of rotatable bonds is 15. The zero-order valence-corrected chi connectivity index (χ0v) is 18.3. The van der Waals surface area contributed by atoms with Gasteiger partial charge in [0.2, 0.25) is 17.7 Å². The third-order valence-corrected chi connectivity index (χ3v) is 4.75. The molecule has 0 aromatic heterocycles. The van der Waals surface area contributed by atoms with E-state index < -0.39 is 61.1 Å². The summed E-state index contributed by atoms with van der Waals surface area (Å²) < 4.78 is 0. The van der Waals surface area contributed by atoms with Crippen molar-refractivity contribution in [3.63, 3.8) is 0 Å². The van der Waals surface area contributed by atoms with E-state index in [9.17, 15) is 24.3 Å². The molecular weight excluding hydrogens is 426 g/mol. The Morgan fingerprint density at radius 3 is 1.88 bits per heavy atom. The van der Waals surface area contributed by atoms with E-state index in [1.54, 1.807) is 6.92 Å². The number of carbonyl (C=O) groups excluding carboxylic acids is 3. The van der Waals surface area contributed by atoms with E-state index in [1.807, 2.05) is 6.92 Å². The molecule has 0 aliphatic carbocycles. The third-order valence-electron chi connectivity index (χ3n) is 4.75. The van der Waals surface area contributed by atoms with Gasteiger partial charge in [0.1, 0.15) is 18.1 Å². The number of nitrogens with zero attached hydrogens (tertiary/aromatic N) is 1. The first-order valence-corrected chi connectivity index (χ1v) is 10.1. The summed E-state index contributed by atoms with van der Waals surface area (Å²) in [5.74, 6) is -4.21. The number of nitrogens with one attached hydrogen (secondary N) is 3. The lowest BCUT2D eigenvalue weighted by Gasteiger charge is -2.25. The zero-order valence-electron chi connectivity index (χ0n) is 18.3. The molecule has 0 aromatic rings. The van der Waals surface area contributed by atoms with Crippen molar-refractivity contribution in [2.24, 2.45) is 28.1 Å². The van der Waals surface area contributed by atoms with Crippen molar-refractivity contribution in [2.75, 3.05) is 19.8 Å². The average Bonchev–Trinajstić information content (AvgIpc) is 2.75. The average molecular weight is 462 g/mol. The van der Waals surface area contributed by atoms with Gasteiger partial charge in [0.05, 0.1) is 19.3 Å². The van der Waals surface area contributed by atoms with Gasteiger partial charge >= 0.3 is 5.97 Å². The highest BCUT2D eigenvalue weighted by Crippen LogP contribution is 2.06. The van der Waals surface area contributed by atoms with Crippen LogP contribution in [0.25, 0.3) is 0 Å². The predicted octanol–water partition coefficient (Wildman–Crippen LogP) is -4.06. The number of hydrogen-bond acceptors (Lipinski definition) is 8. The molecule has 32 heavy (non-hydrogen) atoms. The molecule has 14 heteroatoms. The number of nitrogens with two attached hydrogens (primary N) is 3. The van der Waals surface area contributed by atoms with Gasteiger partial charge in [-0.05, 0) is 18.8 Å². The van der Waals surface area contributed by atoms with Crippen LogP contribution in [0.5, 0.6) is 0 Å². The Labute approximate surface area is 186 Å². The molecule has 0 fully saturated rings. The summed E-state index contributed by atoms with van der Waals surface area (Å²) in [6, 6.07) is -5.12. The molecule has 184 valence electrons. The van der Waals surface area contributed by atoms with Crippen molar-refractivity contribution < 1.29 is 34.5 Å². The Morgan fingerprint density at radius 2 is 1.41 bits per heavy atom. The van der Waals surface area contributed by atoms with E-state index in [0.29, 0.717) is 6.42 Å². The predicted molar refractivity (Wildman–Crippen MR) is 115 cm³/mol. The second-order valence-electron chi connectivity index (χ2n) is 7.25. The Balaban J connectivity index is 5.31. The monoisotopic (exact) mass is 461 g/mol. The maximum atomic E-state index is 12.6. The van der Waals surface area contributed by atoms with Gasteiger partial charge in [0.15, 0.2) is 5.96 Å². The lowest BCUT2D eigenvalue weighted by atomic mass is 9.99. The number of carboxylic acids is 1. The fourth-order valence-corrected chi connectivity index (χ4v) is 2.48. The molecule has 0 saturated carbocycles. The third kappa shape index (κ3) is 10.4. The highest BCUT2D eigenvalue weighted by Gasteiger charge is 2.30. The number of carboxylic acid groups (broad SMARTS) is 1. The molecule has 5 unspecified atom stereocenters. The first-order chi connectivity index (χ1) is 15.0. The summed E-state index contributed by atoms with van der Waals surface area (Å²) in [5.41, 5.74) is 16.3. The van der Waals surface area contributed by atoms with Gasteiger partial charge in [-0.25, -0.2) is 4.79 Å². The fraction of sp³-hybridized carbons (Fsp3) is 0.722. The molecule has 0 spiro atoms. The summed E-state index contributed by atoms with van der Waals surface area (Å²) in [7, 11) is 0. The smallest absolute Gasteiger partial charge is 0.328 e. The Morgan fingerprint density at radius 1 is 0.906 bits per heavy atom. The van der Waals surface area contributed by atoms with Crippen molar-refractivity contribution >= 4 is 29.7 Å². The first kappa shape index (κ1) is 29.0. The number of aliphatic imine (C=N–C) groups is 1. The molecule has 0 saturated heterocycles. The van der Waals surface area contributed by atoms with Gasteiger partial charge in [0.25, 0.3) is 0 Å². The standard InChI is InChI=1S/C18H35N7O7/c1-3-9(2)13(19)16(30)24-11(7-26)15(29)23-10(5-4-6-22-18(20)21)14(28)25-12(8-27)17(31)32/h9-13,26-27H,3-8,19H2,1-2H3,(H,23,29)(H,24,30)(H,25,28)(H,31,32)(H4,20,21,22). The maximum Gasteiger partial charge on any atom is 0.328 e. The Hall–Kier alpha value is -2.97. The van der Waals surface area contributed by atoms with Crippen LogP contribution in [0.1, 0.15) is 33.1 Å². The molecule has 0 aromatic carbocycles. The molecule has 12 N–H and O–H groups in total. The lowest BCUT2D eigenvalue weighted by Crippen LogP contribution is -2.58. The Kier molecular flexibility index (Phi) is 13.5. The first-order valence-electron chi connectivity index (χ1n) is 10.1. The molecule has 0 heterocycles. The van der Waals surface area contributed by atoms with Crippen molar-refractivity contribution in [2.45, 2.75) is 57.3 Å². The van der Waals surface area contributed by atoms with E-state index in [1.165, 1.54) is 0 Å². The minimum Gasteiger partial charge on any atom is -0.480 e. The van der Waals surface area contributed by atoms with Crippen LogP contribution < -0.4 is 33.2 Å². The molecule has 0 aliphatic rings. The largest absolute Gasteiger partial charge is 0.480 e. The number of amides is 3. The van der Waals surface area contributed by atoms with Gasteiger partial charge in [0, 0.05) is 6.54 Å². The van der Waals surface area contributed by atoms with Gasteiger partial charge < -0.3 is 48.5 Å². The normalized spacial score (nSPS) is 15.4. The van der Waals surface area contributed by atoms with Crippen molar-refractivity contribution in [1.29, 1.82) is 0 Å². The number of hydrogen-bond donors (Lipinski definition) is 9. The number of aliphatic hydroxyl groups excluding tert-OH is 2. The van der Waals surface area contributed by atoms with E-state index in [4.69, 9.17) is 27.4 Å². The van der Waals surface area contributed by atoms with E-state index >= 15 is 0 Å². The molecule has 0 bridgehead atoms. The minimum atomic E-state index is -1.58. The number of carbonyl (C=O) groups is 4. The molecule has 0 rings (SSSR count). The van der Waals surface area contributed by atoms with Gasteiger partial charge in [-0.3, -0.25) is 19.4 Å². The van der Waals surface area contributed by atoms with Crippen LogP contribution >= 0.6 is 0 Å². The van der Waals surface area contributed by atoms with Gasteiger partial charge in [-0.1, -0.05) is 20.3 Å². The SMILES string of the molecule is CCC(C)C(N)C(=O)NC(CO)C(=O)NC(CCCN=C(N)N)C(=O)NC(CO)C(=O)O. The molecule has 0 aliphatic heterocycles. The van der Waals surface area contributed by atoms with Crippen molar-refractivity contribution in [1.82, 2.24) is 16.0 Å². The van der Waals surface area contributed by atoms with E-state index in [-0.39, 0.29) is 31.3 Å². The molecule has 14 nitrogen and oxygen atoms in total. The lowest BCUT2D eigenvalue weighted by molar-refractivity contribution is -0.143. The second-order valence-corrected chi connectivity index (χ2v) is 7.25. The summed E-state index contributed by atoms with van der Waals surface area (Å²) in [6.07, 6.45) is 0.866. The Bertz CT molecular complexity index is 670. The van der Waals surface area contributed by atoms with Crippen LogP contribution in [-0.2, 0) is 19.2 Å². The van der Waals surface area contributed by atoms with Crippen LogP contribution in [0.15, 0.2) is 4.99 Å².